The summed E-state index contributed by atoms with van der Waals surface area (Å²) in [6, 6.07) is 4.23. The molecular formula is C22H25F3N4O. The Morgan fingerprint density at radius 3 is 2.43 bits per heavy atom. The Balaban J connectivity index is 1.34. The molecule has 4 aliphatic rings. The summed E-state index contributed by atoms with van der Waals surface area (Å²) in [5.41, 5.74) is -0.417. The van der Waals surface area contributed by atoms with Crippen LogP contribution >= 0.6 is 0 Å². The molecule has 1 amide bonds. The van der Waals surface area contributed by atoms with Crippen molar-refractivity contribution < 1.29 is 18.0 Å². The molecule has 160 valence electrons. The van der Waals surface area contributed by atoms with E-state index < -0.39 is 17.8 Å². The second kappa shape index (κ2) is 7.39. The lowest BCUT2D eigenvalue weighted by Gasteiger charge is -2.54. The molecule has 5 nitrogen and oxygen atoms in total. The number of amides is 1. The summed E-state index contributed by atoms with van der Waals surface area (Å²) in [6.07, 6.45) is 3.53. The molecule has 4 aliphatic carbocycles. The van der Waals surface area contributed by atoms with E-state index in [1.165, 1.54) is 44.5 Å². The van der Waals surface area contributed by atoms with Crippen molar-refractivity contribution in [3.63, 3.8) is 0 Å². The number of hydrogen-bond acceptors (Lipinski definition) is 3. The first-order valence-corrected chi connectivity index (χ1v) is 10.7. The quantitative estimate of drug-likeness (QED) is 0.752. The normalized spacial score (nSPS) is 31.0. The van der Waals surface area contributed by atoms with Crippen LogP contribution in [0.2, 0.25) is 0 Å². The number of benzene rings is 1. The number of alkyl halides is 3. The number of H-pyrrole nitrogens is 1. The smallest absolute Gasteiger partial charge is 0.342 e. The van der Waals surface area contributed by atoms with Gasteiger partial charge in [0.15, 0.2) is 5.82 Å². The van der Waals surface area contributed by atoms with E-state index in [-0.39, 0.29) is 5.91 Å². The van der Waals surface area contributed by atoms with Gasteiger partial charge in [0.25, 0.3) is 0 Å². The van der Waals surface area contributed by atoms with Crippen LogP contribution in [-0.4, -0.2) is 21.1 Å². The van der Waals surface area contributed by atoms with Crippen LogP contribution < -0.4 is 5.32 Å². The molecule has 8 heteroatoms. The number of carbonyl (C=O) groups is 1. The Morgan fingerprint density at radius 2 is 1.83 bits per heavy atom. The second-order valence-corrected chi connectivity index (χ2v) is 9.29. The molecule has 1 heterocycles. The van der Waals surface area contributed by atoms with E-state index in [0.29, 0.717) is 35.6 Å². The lowest BCUT2D eigenvalue weighted by Crippen LogP contribution is -2.46. The van der Waals surface area contributed by atoms with E-state index in [1.54, 1.807) is 6.07 Å². The molecule has 30 heavy (non-hydrogen) atoms. The van der Waals surface area contributed by atoms with Crippen LogP contribution in [0.3, 0.4) is 0 Å². The third-order valence-electron chi connectivity index (χ3n) is 7.40. The average molecular weight is 418 g/mol. The van der Waals surface area contributed by atoms with Crippen molar-refractivity contribution in [2.45, 2.75) is 50.7 Å². The van der Waals surface area contributed by atoms with E-state index in [2.05, 4.69) is 20.5 Å². The van der Waals surface area contributed by atoms with Gasteiger partial charge in [-0.1, -0.05) is 12.1 Å². The number of hydrogen-bond donors (Lipinski definition) is 2. The highest BCUT2D eigenvalue weighted by atomic mass is 19.4. The van der Waals surface area contributed by atoms with E-state index in [1.807, 2.05) is 0 Å². The van der Waals surface area contributed by atoms with Crippen LogP contribution in [0.15, 0.2) is 30.6 Å². The fourth-order valence-corrected chi connectivity index (χ4v) is 6.36. The summed E-state index contributed by atoms with van der Waals surface area (Å²) in [5, 5.41) is 9.44. The average Bonchev–Trinajstić information content (AvgIpc) is 3.22. The summed E-state index contributed by atoms with van der Waals surface area (Å²) in [6.45, 7) is 0. The minimum Gasteiger partial charge on any atom is -0.342 e. The maximum atomic E-state index is 13.2. The number of nitrogens with zero attached hydrogens (tertiary/aromatic N) is 2. The van der Waals surface area contributed by atoms with Crippen molar-refractivity contribution in [3.8, 4) is 0 Å². The molecule has 1 unspecified atom stereocenters. The molecule has 0 radical (unpaired) electrons. The van der Waals surface area contributed by atoms with Gasteiger partial charge in [-0.05, 0) is 79.4 Å². The molecule has 1 atom stereocenters. The van der Waals surface area contributed by atoms with Gasteiger partial charge >= 0.3 is 6.18 Å². The van der Waals surface area contributed by atoms with Crippen molar-refractivity contribution in [2.24, 2.45) is 29.6 Å². The predicted octanol–water partition coefficient (Wildman–Crippen LogP) is 4.49. The standard InChI is InChI=1S/C22H25F3N4O/c23-22(24,25)17-3-1-2-14(9-17)20(21-26-11-27-29-21)28-19(30)10-18-15-5-12-4-13(7-15)8-16(18)6-12/h1-3,9,11-13,15-16,18,20H,4-8,10H2,(H,28,30)(H,26,27,29). The molecule has 1 aromatic carbocycles. The van der Waals surface area contributed by atoms with Crippen molar-refractivity contribution in [2.75, 3.05) is 0 Å². The third kappa shape index (κ3) is 3.72. The summed E-state index contributed by atoms with van der Waals surface area (Å²) in [7, 11) is 0. The van der Waals surface area contributed by atoms with Gasteiger partial charge in [-0.25, -0.2) is 4.98 Å². The summed E-state index contributed by atoms with van der Waals surface area (Å²) < 4.78 is 39.6. The molecule has 4 saturated carbocycles. The third-order valence-corrected chi connectivity index (χ3v) is 7.40. The molecule has 0 saturated heterocycles. The zero-order valence-electron chi connectivity index (χ0n) is 16.5. The zero-order chi connectivity index (χ0) is 20.9. The first-order chi connectivity index (χ1) is 14.4. The van der Waals surface area contributed by atoms with E-state index in [4.69, 9.17) is 0 Å². The summed E-state index contributed by atoms with van der Waals surface area (Å²) >= 11 is 0. The molecule has 6 rings (SSSR count). The van der Waals surface area contributed by atoms with Crippen molar-refractivity contribution in [1.82, 2.24) is 20.5 Å². The molecule has 0 aliphatic heterocycles. The summed E-state index contributed by atoms with van der Waals surface area (Å²) in [4.78, 5) is 17.1. The Morgan fingerprint density at radius 1 is 1.13 bits per heavy atom. The highest BCUT2D eigenvalue weighted by Gasteiger charge is 2.48. The van der Waals surface area contributed by atoms with Crippen molar-refractivity contribution >= 4 is 5.91 Å². The Labute approximate surface area is 172 Å². The van der Waals surface area contributed by atoms with Gasteiger partial charge in [0.2, 0.25) is 5.91 Å². The number of nitrogens with one attached hydrogen (secondary N) is 2. The first-order valence-electron chi connectivity index (χ1n) is 10.7. The van der Waals surface area contributed by atoms with Gasteiger partial charge in [-0.15, -0.1) is 0 Å². The van der Waals surface area contributed by atoms with Crippen molar-refractivity contribution in [1.29, 1.82) is 0 Å². The number of carbonyl (C=O) groups excluding carboxylic acids is 1. The van der Waals surface area contributed by atoms with Gasteiger partial charge in [0, 0.05) is 6.42 Å². The number of halogens is 3. The van der Waals surface area contributed by atoms with Gasteiger partial charge < -0.3 is 5.32 Å². The van der Waals surface area contributed by atoms with E-state index in [9.17, 15) is 18.0 Å². The minimum atomic E-state index is -4.45. The van der Waals surface area contributed by atoms with Crippen LogP contribution in [0.25, 0.3) is 0 Å². The van der Waals surface area contributed by atoms with Crippen LogP contribution in [0, 0.1) is 29.6 Å². The van der Waals surface area contributed by atoms with Gasteiger partial charge in [0.05, 0.1) is 5.56 Å². The van der Waals surface area contributed by atoms with Gasteiger partial charge in [-0.3, -0.25) is 9.89 Å². The minimum absolute atomic E-state index is 0.133. The number of rotatable bonds is 5. The molecule has 2 N–H and O–H groups in total. The van der Waals surface area contributed by atoms with Crippen LogP contribution in [0.1, 0.15) is 61.5 Å². The molecule has 4 fully saturated rings. The van der Waals surface area contributed by atoms with Gasteiger partial charge in [0.1, 0.15) is 12.4 Å². The van der Waals surface area contributed by atoms with Crippen molar-refractivity contribution in [3.05, 3.63) is 47.5 Å². The Hall–Kier alpha value is -2.38. The molecule has 4 bridgehead atoms. The van der Waals surface area contributed by atoms with Crippen LogP contribution in [0.5, 0.6) is 0 Å². The monoisotopic (exact) mass is 418 g/mol. The first kappa shape index (κ1) is 19.6. The second-order valence-electron chi connectivity index (χ2n) is 9.29. The fourth-order valence-electron chi connectivity index (χ4n) is 6.36. The highest BCUT2D eigenvalue weighted by molar-refractivity contribution is 5.77. The predicted molar refractivity (Wildman–Crippen MR) is 103 cm³/mol. The van der Waals surface area contributed by atoms with Crippen LogP contribution in [0.4, 0.5) is 13.2 Å². The Kier molecular flexibility index (Phi) is 4.82. The lowest BCUT2D eigenvalue weighted by atomic mass is 9.51. The maximum Gasteiger partial charge on any atom is 0.416 e. The molecule has 2 aromatic rings. The topological polar surface area (TPSA) is 70.7 Å². The van der Waals surface area contributed by atoms with Crippen LogP contribution in [-0.2, 0) is 11.0 Å². The molecular weight excluding hydrogens is 393 g/mol. The lowest BCUT2D eigenvalue weighted by molar-refractivity contribution is -0.137. The fraction of sp³-hybridized carbons (Fsp3) is 0.591. The van der Waals surface area contributed by atoms with E-state index in [0.717, 1.165) is 24.0 Å². The molecule has 1 aromatic heterocycles. The largest absolute Gasteiger partial charge is 0.416 e. The maximum absolute atomic E-state index is 13.2. The van der Waals surface area contributed by atoms with E-state index >= 15 is 0 Å². The number of aromatic amines is 1. The zero-order valence-corrected chi connectivity index (χ0v) is 16.5. The number of aromatic nitrogens is 3. The molecule has 0 spiro atoms. The SMILES string of the molecule is O=C(CC1C2CC3CC(C2)CC1C3)NC(c1cccc(C(F)(F)F)c1)c1ncn[nH]1. The van der Waals surface area contributed by atoms with Gasteiger partial charge in [-0.2, -0.15) is 18.3 Å². The highest BCUT2D eigenvalue weighted by Crippen LogP contribution is 2.57. The Bertz CT molecular complexity index is 883. The summed E-state index contributed by atoms with van der Waals surface area (Å²) in [5.74, 6) is 3.47.